The van der Waals surface area contributed by atoms with E-state index in [0.29, 0.717) is 5.75 Å². The van der Waals surface area contributed by atoms with Crippen molar-refractivity contribution in [2.24, 2.45) is 10.3 Å². The summed E-state index contributed by atoms with van der Waals surface area (Å²) in [6.07, 6.45) is 0. The Labute approximate surface area is 46.8 Å². The Morgan fingerprint density at radius 1 is 2.00 bits per heavy atom. The molecule has 0 aromatic rings. The van der Waals surface area contributed by atoms with Gasteiger partial charge in [0.05, 0.1) is 0 Å². The van der Waals surface area contributed by atoms with Crippen molar-refractivity contribution in [1.29, 1.82) is 0 Å². The fourth-order valence-corrected chi connectivity index (χ4v) is 0.444. The van der Waals surface area contributed by atoms with E-state index >= 15 is 0 Å². The molecule has 0 saturated heterocycles. The summed E-state index contributed by atoms with van der Waals surface area (Å²) in [6.45, 7) is 1.83. The van der Waals surface area contributed by atoms with E-state index in [1.54, 1.807) is 0 Å². The van der Waals surface area contributed by atoms with Crippen molar-refractivity contribution in [2.45, 2.75) is 13.0 Å². The van der Waals surface area contributed by atoms with Crippen LogP contribution in [0.25, 0.3) is 0 Å². The number of hydrogen-bond acceptors (Lipinski definition) is 4. The molecule has 3 nitrogen and oxygen atoms in total. The molecule has 0 heterocycles. The van der Waals surface area contributed by atoms with Crippen LogP contribution in [0.1, 0.15) is 6.92 Å². The third-order valence-corrected chi connectivity index (χ3v) is 1.17. The van der Waals surface area contributed by atoms with E-state index in [4.69, 9.17) is 5.73 Å². The van der Waals surface area contributed by atoms with Gasteiger partial charge in [-0.3, -0.25) is 0 Å². The largest absolute Gasteiger partial charge is 0.327 e. The van der Waals surface area contributed by atoms with Crippen LogP contribution in [0.2, 0.25) is 0 Å². The van der Waals surface area contributed by atoms with Gasteiger partial charge in [-0.25, -0.2) is 0 Å². The van der Waals surface area contributed by atoms with E-state index in [1.165, 1.54) is 0 Å². The third-order valence-electron chi connectivity index (χ3n) is 0.390. The second-order valence-corrected chi connectivity index (χ2v) is 2.09. The third kappa shape index (κ3) is 5.91. The van der Waals surface area contributed by atoms with Gasteiger partial charge in [-0.05, 0) is 6.92 Å². The van der Waals surface area contributed by atoms with Crippen LogP contribution in [-0.2, 0) is 0 Å². The van der Waals surface area contributed by atoms with Crippen LogP contribution < -0.4 is 5.73 Å². The molecular weight excluding hydrogens is 112 g/mol. The Kier molecular flexibility index (Phi) is 4.03. The van der Waals surface area contributed by atoms with Gasteiger partial charge >= 0.3 is 0 Å². The maximum Gasteiger partial charge on any atom is 0.0336 e. The van der Waals surface area contributed by atoms with Gasteiger partial charge in [-0.15, -0.1) is 4.91 Å². The zero-order valence-corrected chi connectivity index (χ0v) is 4.94. The van der Waals surface area contributed by atoms with Gasteiger partial charge in [0.15, 0.2) is 0 Å². The summed E-state index contributed by atoms with van der Waals surface area (Å²) in [5.74, 6) is 0.615. The second-order valence-electron chi connectivity index (χ2n) is 1.35. The predicted molar refractivity (Wildman–Crippen MR) is 31.9 cm³/mol. The van der Waals surface area contributed by atoms with Crippen LogP contribution >= 0.6 is 11.9 Å². The predicted octanol–water partition coefficient (Wildman–Crippen LogP) is 0.748. The Bertz CT molecular complexity index is 56.9. The lowest BCUT2D eigenvalue weighted by Gasteiger charge is -1.94. The van der Waals surface area contributed by atoms with Crippen molar-refractivity contribution in [3.8, 4) is 0 Å². The molecule has 0 aliphatic rings. The van der Waals surface area contributed by atoms with Crippen molar-refractivity contribution in [3.05, 3.63) is 4.91 Å². The van der Waals surface area contributed by atoms with Crippen LogP contribution in [0, 0.1) is 4.91 Å². The highest BCUT2D eigenvalue weighted by Crippen LogP contribution is 1.99. The minimum absolute atomic E-state index is 0.0719. The molecule has 0 amide bonds. The average molecular weight is 120 g/mol. The summed E-state index contributed by atoms with van der Waals surface area (Å²) in [6, 6.07) is 0.0719. The molecule has 0 fully saturated rings. The Hall–Kier alpha value is -0.0900. The number of nitrogens with zero attached hydrogens (tertiary/aromatic N) is 1. The van der Waals surface area contributed by atoms with E-state index < -0.39 is 0 Å². The smallest absolute Gasteiger partial charge is 0.0336 e. The number of rotatable bonds is 3. The Balaban J connectivity index is 2.81. The molecule has 0 rings (SSSR count). The van der Waals surface area contributed by atoms with Crippen LogP contribution in [0.15, 0.2) is 4.58 Å². The second kappa shape index (κ2) is 4.08. The molecule has 0 bridgehead atoms. The molecule has 7 heavy (non-hydrogen) atoms. The monoisotopic (exact) mass is 120 g/mol. The van der Waals surface area contributed by atoms with Crippen molar-refractivity contribution in [2.75, 3.05) is 5.75 Å². The van der Waals surface area contributed by atoms with E-state index in [1.807, 2.05) is 6.92 Å². The van der Waals surface area contributed by atoms with E-state index in [-0.39, 0.29) is 6.04 Å². The summed E-state index contributed by atoms with van der Waals surface area (Å²) in [5.41, 5.74) is 5.26. The summed E-state index contributed by atoms with van der Waals surface area (Å²) < 4.78 is 2.56. The maximum atomic E-state index is 9.37. The molecule has 0 aromatic heterocycles. The van der Waals surface area contributed by atoms with Gasteiger partial charge in [0.1, 0.15) is 0 Å². The molecule has 4 heteroatoms. The van der Waals surface area contributed by atoms with Crippen LogP contribution in [-0.4, -0.2) is 11.8 Å². The molecule has 1 unspecified atom stereocenters. The average Bonchev–Trinajstić information content (AvgIpc) is 1.61. The highest BCUT2D eigenvalue weighted by atomic mass is 32.2. The molecule has 0 aromatic carbocycles. The van der Waals surface area contributed by atoms with Gasteiger partial charge in [-0.1, -0.05) is 0 Å². The van der Waals surface area contributed by atoms with Gasteiger partial charge in [0.25, 0.3) is 0 Å². The van der Waals surface area contributed by atoms with Crippen LogP contribution in [0.4, 0.5) is 0 Å². The van der Waals surface area contributed by atoms with Gasteiger partial charge in [0.2, 0.25) is 0 Å². The number of nitrogens with two attached hydrogens (primary N) is 1. The highest BCUT2D eigenvalue weighted by molar-refractivity contribution is 7.97. The van der Waals surface area contributed by atoms with Crippen LogP contribution in [0.5, 0.6) is 0 Å². The Morgan fingerprint density at radius 3 is 2.71 bits per heavy atom. The van der Waals surface area contributed by atoms with Gasteiger partial charge in [0, 0.05) is 28.3 Å². The van der Waals surface area contributed by atoms with Gasteiger partial charge < -0.3 is 5.73 Å². The first-order chi connectivity index (χ1) is 3.27. The first-order valence-corrected chi connectivity index (χ1v) is 2.92. The first kappa shape index (κ1) is 6.91. The normalized spacial score (nSPS) is 13.4. The van der Waals surface area contributed by atoms with E-state index in [9.17, 15) is 4.91 Å². The summed E-state index contributed by atoms with van der Waals surface area (Å²) in [7, 11) is 0. The van der Waals surface area contributed by atoms with Crippen LogP contribution in [0.3, 0.4) is 0 Å². The fraction of sp³-hybridized carbons (Fsp3) is 1.00. The van der Waals surface area contributed by atoms with Crippen molar-refractivity contribution in [1.82, 2.24) is 0 Å². The molecule has 0 saturated carbocycles. The Morgan fingerprint density at radius 2 is 2.57 bits per heavy atom. The minimum atomic E-state index is 0.0719. The lowest BCUT2D eigenvalue weighted by Crippen LogP contribution is -2.16. The molecule has 42 valence electrons. The zero-order chi connectivity index (χ0) is 5.70. The van der Waals surface area contributed by atoms with Crippen molar-refractivity contribution >= 4 is 11.9 Å². The first-order valence-electron chi connectivity index (χ1n) is 1.97. The maximum absolute atomic E-state index is 9.37. The zero-order valence-electron chi connectivity index (χ0n) is 4.13. The molecular formula is C3H8N2OS. The molecule has 0 radical (unpaired) electrons. The lowest BCUT2D eigenvalue weighted by molar-refractivity contribution is 0.847. The quantitative estimate of drug-likeness (QED) is 0.441. The fourth-order valence-electron chi connectivity index (χ4n) is 0.148. The van der Waals surface area contributed by atoms with Gasteiger partial charge in [-0.2, -0.15) is 0 Å². The van der Waals surface area contributed by atoms with E-state index in [2.05, 4.69) is 4.58 Å². The SMILES string of the molecule is CC(N)CSN=O. The topological polar surface area (TPSA) is 55.4 Å². The summed E-state index contributed by atoms with van der Waals surface area (Å²) in [4.78, 5) is 9.37. The number of hydrogen-bond donors (Lipinski definition) is 1. The number of nitroso groups, excluding NO2 is 1. The minimum Gasteiger partial charge on any atom is -0.327 e. The summed E-state index contributed by atoms with van der Waals surface area (Å²) in [5, 5.41) is 0. The van der Waals surface area contributed by atoms with Crippen molar-refractivity contribution in [3.63, 3.8) is 0 Å². The molecule has 0 aliphatic carbocycles. The molecule has 0 spiro atoms. The molecule has 2 N–H and O–H groups in total. The lowest BCUT2D eigenvalue weighted by atomic mass is 10.4. The standard InChI is InChI=1S/C3H8N2OS/c1-3(4)2-7-5-6/h3H,2,4H2,1H3. The highest BCUT2D eigenvalue weighted by Gasteiger charge is 1.90. The van der Waals surface area contributed by atoms with E-state index in [0.717, 1.165) is 11.9 Å². The molecule has 0 aliphatic heterocycles. The molecule has 1 atom stereocenters. The summed E-state index contributed by atoms with van der Waals surface area (Å²) >= 11 is 0.961. The van der Waals surface area contributed by atoms with Crippen molar-refractivity contribution < 1.29 is 0 Å².